The van der Waals surface area contributed by atoms with E-state index in [2.05, 4.69) is 6.92 Å². The van der Waals surface area contributed by atoms with Gasteiger partial charge in [0.25, 0.3) is 0 Å². The summed E-state index contributed by atoms with van der Waals surface area (Å²) in [6.45, 7) is 2.10. The Kier molecular flexibility index (Phi) is 5.76. The second-order valence-corrected chi connectivity index (χ2v) is 7.75. The van der Waals surface area contributed by atoms with E-state index in [4.69, 9.17) is 0 Å². The second kappa shape index (κ2) is 8.47. The van der Waals surface area contributed by atoms with Gasteiger partial charge in [0.1, 0.15) is 11.6 Å². The fourth-order valence-corrected chi connectivity index (χ4v) is 3.97. The van der Waals surface area contributed by atoms with Crippen LogP contribution in [-0.4, -0.2) is 0 Å². The van der Waals surface area contributed by atoms with Crippen molar-refractivity contribution in [3.8, 4) is 11.1 Å². The van der Waals surface area contributed by atoms with Crippen LogP contribution in [0.4, 0.5) is 17.6 Å². The van der Waals surface area contributed by atoms with Crippen LogP contribution in [0.5, 0.6) is 0 Å². The maximum Gasteiger partial charge on any atom is 0.159 e. The summed E-state index contributed by atoms with van der Waals surface area (Å²) in [6.07, 6.45) is 6.00. The van der Waals surface area contributed by atoms with Crippen LogP contribution in [0.15, 0.2) is 48.5 Å². The summed E-state index contributed by atoms with van der Waals surface area (Å²) in [5.74, 6) is -2.75. The zero-order chi connectivity index (χ0) is 21.3. The van der Waals surface area contributed by atoms with Gasteiger partial charge in [0.05, 0.1) is 0 Å². The highest BCUT2D eigenvalue weighted by molar-refractivity contribution is 5.85. The molecule has 3 aromatic rings. The van der Waals surface area contributed by atoms with Crippen LogP contribution in [-0.2, 0) is 12.8 Å². The first-order chi connectivity index (χ1) is 14.5. The van der Waals surface area contributed by atoms with Crippen molar-refractivity contribution in [2.24, 2.45) is 0 Å². The van der Waals surface area contributed by atoms with Crippen molar-refractivity contribution in [2.75, 3.05) is 0 Å². The lowest BCUT2D eigenvalue weighted by Crippen LogP contribution is -2.03. The SMILES string of the molecule is CCCCc1ccc(C2=Cc3cc(F)c(-c4ccc(F)c(F)c4)cc3CC2)c(F)c1. The minimum absolute atomic E-state index is 0.232. The van der Waals surface area contributed by atoms with Crippen LogP contribution in [0.2, 0.25) is 0 Å². The topological polar surface area (TPSA) is 0 Å². The molecule has 0 N–H and O–H groups in total. The Hall–Kier alpha value is -2.88. The number of allylic oxidation sites excluding steroid dienone is 1. The fourth-order valence-electron chi connectivity index (χ4n) is 3.97. The molecule has 4 rings (SSSR count). The molecule has 0 heterocycles. The van der Waals surface area contributed by atoms with Crippen molar-refractivity contribution < 1.29 is 17.6 Å². The van der Waals surface area contributed by atoms with Gasteiger partial charge in [-0.3, -0.25) is 0 Å². The number of fused-ring (bicyclic) bond motifs is 1. The molecule has 0 saturated carbocycles. The Morgan fingerprint density at radius 1 is 0.733 bits per heavy atom. The molecule has 154 valence electrons. The van der Waals surface area contributed by atoms with Gasteiger partial charge in [-0.15, -0.1) is 0 Å². The fraction of sp³-hybridized carbons (Fsp3) is 0.231. The van der Waals surface area contributed by atoms with Crippen molar-refractivity contribution in [1.82, 2.24) is 0 Å². The Bertz CT molecular complexity index is 1130. The number of benzene rings is 3. The van der Waals surface area contributed by atoms with Crippen molar-refractivity contribution in [3.05, 3.63) is 94.1 Å². The molecule has 0 saturated heterocycles. The highest BCUT2D eigenvalue weighted by Crippen LogP contribution is 2.35. The third kappa shape index (κ3) is 4.04. The highest BCUT2D eigenvalue weighted by atomic mass is 19.2. The number of unbranched alkanes of at least 4 members (excludes halogenated alkanes) is 1. The van der Waals surface area contributed by atoms with Gasteiger partial charge in [-0.1, -0.05) is 37.6 Å². The van der Waals surface area contributed by atoms with Gasteiger partial charge in [0.15, 0.2) is 11.6 Å². The van der Waals surface area contributed by atoms with Crippen LogP contribution >= 0.6 is 0 Å². The van der Waals surface area contributed by atoms with Gasteiger partial charge in [-0.25, -0.2) is 17.6 Å². The van der Waals surface area contributed by atoms with E-state index in [9.17, 15) is 17.6 Å². The molecular formula is C26H22F4. The van der Waals surface area contributed by atoms with Crippen LogP contribution in [0.25, 0.3) is 22.8 Å². The molecule has 0 atom stereocenters. The Morgan fingerprint density at radius 2 is 1.53 bits per heavy atom. The van der Waals surface area contributed by atoms with Gasteiger partial charge in [-0.05, 0) is 83.8 Å². The zero-order valence-electron chi connectivity index (χ0n) is 16.7. The van der Waals surface area contributed by atoms with Crippen LogP contribution in [0.1, 0.15) is 48.4 Å². The molecule has 0 aliphatic heterocycles. The summed E-state index contributed by atoms with van der Waals surface area (Å²) in [5, 5.41) is 0. The lowest BCUT2D eigenvalue weighted by atomic mass is 9.86. The number of halogens is 4. The lowest BCUT2D eigenvalue weighted by Gasteiger charge is -2.19. The smallest absolute Gasteiger partial charge is 0.159 e. The molecular weight excluding hydrogens is 388 g/mol. The first kappa shape index (κ1) is 20.4. The van der Waals surface area contributed by atoms with Crippen molar-refractivity contribution in [3.63, 3.8) is 0 Å². The highest BCUT2D eigenvalue weighted by Gasteiger charge is 2.18. The maximum atomic E-state index is 14.8. The molecule has 0 aromatic heterocycles. The van der Waals surface area contributed by atoms with Crippen molar-refractivity contribution >= 4 is 11.6 Å². The van der Waals surface area contributed by atoms with E-state index < -0.39 is 17.5 Å². The molecule has 30 heavy (non-hydrogen) atoms. The van der Waals surface area contributed by atoms with Crippen molar-refractivity contribution in [1.29, 1.82) is 0 Å². The van der Waals surface area contributed by atoms with E-state index >= 15 is 0 Å². The average Bonchev–Trinajstić information content (AvgIpc) is 2.73. The molecule has 1 aliphatic carbocycles. The summed E-state index contributed by atoms with van der Waals surface area (Å²) in [4.78, 5) is 0. The van der Waals surface area contributed by atoms with E-state index in [1.54, 1.807) is 12.1 Å². The molecule has 0 amide bonds. The van der Waals surface area contributed by atoms with E-state index in [-0.39, 0.29) is 16.9 Å². The molecule has 1 aliphatic rings. The Labute approximate surface area is 173 Å². The second-order valence-electron chi connectivity index (χ2n) is 7.75. The van der Waals surface area contributed by atoms with Gasteiger partial charge in [0, 0.05) is 11.1 Å². The standard InChI is InChI=1S/C26H22F4/c1-2-3-4-16-5-9-21(24(28)11-16)18-7-6-17-13-22(25(29)15-20(17)12-18)19-8-10-23(27)26(30)14-19/h5,8-15H,2-4,6-7H2,1H3. The molecule has 4 heteroatoms. The minimum atomic E-state index is -1.01. The molecule has 0 spiro atoms. The first-order valence-corrected chi connectivity index (χ1v) is 10.2. The average molecular weight is 410 g/mol. The van der Waals surface area contributed by atoms with Crippen molar-refractivity contribution in [2.45, 2.75) is 39.0 Å². The molecule has 0 nitrogen and oxygen atoms in total. The van der Waals surface area contributed by atoms with E-state index in [0.717, 1.165) is 48.1 Å². The number of hydrogen-bond acceptors (Lipinski definition) is 0. The zero-order valence-corrected chi connectivity index (χ0v) is 16.7. The predicted molar refractivity (Wildman–Crippen MR) is 113 cm³/mol. The summed E-state index contributed by atoms with van der Waals surface area (Å²) in [6, 6.07) is 11.8. The predicted octanol–water partition coefficient (Wildman–Crippen LogP) is 7.74. The summed E-state index contributed by atoms with van der Waals surface area (Å²) >= 11 is 0. The Balaban J connectivity index is 1.67. The molecule has 0 radical (unpaired) electrons. The lowest BCUT2D eigenvalue weighted by molar-refractivity contribution is 0.509. The number of aryl methyl sites for hydroxylation is 2. The number of rotatable bonds is 5. The first-order valence-electron chi connectivity index (χ1n) is 10.2. The van der Waals surface area contributed by atoms with E-state index in [0.29, 0.717) is 24.0 Å². The maximum absolute atomic E-state index is 14.8. The van der Waals surface area contributed by atoms with Crippen LogP contribution < -0.4 is 0 Å². The molecule has 3 aromatic carbocycles. The Morgan fingerprint density at radius 3 is 2.27 bits per heavy atom. The number of hydrogen-bond donors (Lipinski definition) is 0. The van der Waals surface area contributed by atoms with E-state index in [1.807, 2.05) is 18.2 Å². The van der Waals surface area contributed by atoms with Crippen LogP contribution in [0.3, 0.4) is 0 Å². The van der Waals surface area contributed by atoms with Gasteiger partial charge in [-0.2, -0.15) is 0 Å². The van der Waals surface area contributed by atoms with E-state index in [1.165, 1.54) is 12.1 Å². The van der Waals surface area contributed by atoms with Gasteiger partial charge < -0.3 is 0 Å². The van der Waals surface area contributed by atoms with Crippen LogP contribution in [0, 0.1) is 23.3 Å². The summed E-state index contributed by atoms with van der Waals surface area (Å²) in [7, 11) is 0. The molecule has 0 bridgehead atoms. The third-order valence-corrected chi connectivity index (χ3v) is 5.65. The largest absolute Gasteiger partial charge is 0.206 e. The monoisotopic (exact) mass is 410 g/mol. The van der Waals surface area contributed by atoms with Gasteiger partial charge in [0.2, 0.25) is 0 Å². The summed E-state index contributed by atoms with van der Waals surface area (Å²) < 4.78 is 56.2. The van der Waals surface area contributed by atoms with Gasteiger partial charge >= 0.3 is 0 Å². The summed E-state index contributed by atoms with van der Waals surface area (Å²) in [5.41, 5.74) is 4.48. The molecule has 0 unspecified atom stereocenters. The third-order valence-electron chi connectivity index (χ3n) is 5.65. The normalized spacial score (nSPS) is 13.2. The quantitative estimate of drug-likeness (QED) is 0.377. The molecule has 0 fully saturated rings. The minimum Gasteiger partial charge on any atom is -0.206 e.